The molecule has 20 heavy (non-hydrogen) atoms. The topological polar surface area (TPSA) is 21.3 Å². The average molecular weight is 267 g/mol. The molecule has 2 aromatic rings. The predicted molar refractivity (Wildman–Crippen MR) is 82.2 cm³/mol. The second-order valence-corrected chi connectivity index (χ2v) is 5.38. The molecule has 0 radical (unpaired) electrons. The van der Waals surface area contributed by atoms with E-state index in [9.17, 15) is 0 Å². The normalized spacial score (nSPS) is 21.3. The molecule has 1 N–H and O–H groups in total. The van der Waals surface area contributed by atoms with E-state index >= 15 is 0 Å². The van der Waals surface area contributed by atoms with Crippen molar-refractivity contribution in [3.8, 4) is 5.75 Å². The Hall–Kier alpha value is -1.80. The molecule has 2 heteroatoms. The minimum Gasteiger partial charge on any atom is -0.497 e. The van der Waals surface area contributed by atoms with Crippen molar-refractivity contribution < 1.29 is 4.74 Å². The van der Waals surface area contributed by atoms with E-state index in [1.54, 1.807) is 7.11 Å². The van der Waals surface area contributed by atoms with Gasteiger partial charge in [0.25, 0.3) is 0 Å². The molecule has 0 fully saturated rings. The van der Waals surface area contributed by atoms with E-state index < -0.39 is 0 Å². The summed E-state index contributed by atoms with van der Waals surface area (Å²) in [5, 5.41) is 3.77. The summed E-state index contributed by atoms with van der Waals surface area (Å²) in [4.78, 5) is 0. The molecule has 3 rings (SSSR count). The summed E-state index contributed by atoms with van der Waals surface area (Å²) in [7, 11) is 1.70. The van der Waals surface area contributed by atoms with Crippen LogP contribution in [0.25, 0.3) is 0 Å². The Labute approximate surface area is 120 Å². The van der Waals surface area contributed by atoms with Gasteiger partial charge in [-0.05, 0) is 41.7 Å². The maximum atomic E-state index is 5.25. The van der Waals surface area contributed by atoms with Crippen LogP contribution in [0.4, 0.5) is 0 Å². The Kier molecular flexibility index (Phi) is 3.75. The van der Waals surface area contributed by atoms with Gasteiger partial charge < -0.3 is 10.1 Å². The number of hydrogen-bond donors (Lipinski definition) is 1. The SMILES string of the molecule is CCC1Cc2ccccc2C(c2ccc(OC)cc2)N1. The Morgan fingerprint density at radius 3 is 2.55 bits per heavy atom. The number of rotatable bonds is 3. The first-order valence-corrected chi connectivity index (χ1v) is 7.29. The highest BCUT2D eigenvalue weighted by Gasteiger charge is 2.25. The maximum Gasteiger partial charge on any atom is 0.118 e. The van der Waals surface area contributed by atoms with Gasteiger partial charge in [-0.1, -0.05) is 43.3 Å². The van der Waals surface area contributed by atoms with E-state index in [-0.39, 0.29) is 6.04 Å². The highest BCUT2D eigenvalue weighted by Crippen LogP contribution is 2.31. The van der Waals surface area contributed by atoms with Crippen molar-refractivity contribution in [2.24, 2.45) is 0 Å². The van der Waals surface area contributed by atoms with Crippen LogP contribution in [-0.2, 0) is 6.42 Å². The number of nitrogens with one attached hydrogen (secondary N) is 1. The van der Waals surface area contributed by atoms with Crippen molar-refractivity contribution in [1.82, 2.24) is 5.32 Å². The Morgan fingerprint density at radius 2 is 1.85 bits per heavy atom. The molecule has 1 aliphatic rings. The van der Waals surface area contributed by atoms with Gasteiger partial charge in [-0.2, -0.15) is 0 Å². The molecule has 104 valence electrons. The molecular formula is C18H21NO. The summed E-state index contributed by atoms with van der Waals surface area (Å²) in [5.74, 6) is 0.907. The lowest BCUT2D eigenvalue weighted by molar-refractivity contribution is 0.412. The van der Waals surface area contributed by atoms with Gasteiger partial charge in [0, 0.05) is 6.04 Å². The first-order chi connectivity index (χ1) is 9.81. The van der Waals surface area contributed by atoms with Crippen LogP contribution in [0, 0.1) is 0 Å². The lowest BCUT2D eigenvalue weighted by atomic mass is 9.86. The summed E-state index contributed by atoms with van der Waals surface area (Å²) < 4.78 is 5.25. The van der Waals surface area contributed by atoms with Crippen LogP contribution in [0.5, 0.6) is 5.75 Å². The fourth-order valence-electron chi connectivity index (χ4n) is 2.99. The maximum absolute atomic E-state index is 5.25. The molecule has 0 saturated carbocycles. The van der Waals surface area contributed by atoms with Gasteiger partial charge in [0.1, 0.15) is 5.75 Å². The van der Waals surface area contributed by atoms with Crippen molar-refractivity contribution >= 4 is 0 Å². The number of hydrogen-bond acceptors (Lipinski definition) is 2. The van der Waals surface area contributed by atoms with Crippen LogP contribution in [0.2, 0.25) is 0 Å². The molecule has 2 nitrogen and oxygen atoms in total. The zero-order valence-corrected chi connectivity index (χ0v) is 12.1. The van der Waals surface area contributed by atoms with Crippen LogP contribution < -0.4 is 10.1 Å². The van der Waals surface area contributed by atoms with Gasteiger partial charge in [0.15, 0.2) is 0 Å². The molecule has 2 unspecified atom stereocenters. The van der Waals surface area contributed by atoms with Crippen LogP contribution in [-0.4, -0.2) is 13.2 Å². The predicted octanol–water partition coefficient (Wildman–Crippen LogP) is 3.71. The van der Waals surface area contributed by atoms with Crippen molar-refractivity contribution in [1.29, 1.82) is 0 Å². The van der Waals surface area contributed by atoms with E-state index in [2.05, 4.69) is 48.6 Å². The monoisotopic (exact) mass is 267 g/mol. The van der Waals surface area contributed by atoms with Crippen molar-refractivity contribution in [2.75, 3.05) is 7.11 Å². The van der Waals surface area contributed by atoms with Gasteiger partial charge in [-0.25, -0.2) is 0 Å². The third-order valence-electron chi connectivity index (χ3n) is 4.18. The van der Waals surface area contributed by atoms with E-state index in [0.717, 1.165) is 18.6 Å². The quantitative estimate of drug-likeness (QED) is 0.915. The smallest absolute Gasteiger partial charge is 0.118 e. The molecular weight excluding hydrogens is 246 g/mol. The van der Waals surface area contributed by atoms with Gasteiger partial charge >= 0.3 is 0 Å². The molecule has 2 aromatic carbocycles. The third-order valence-corrected chi connectivity index (χ3v) is 4.18. The van der Waals surface area contributed by atoms with Crippen molar-refractivity contribution in [2.45, 2.75) is 31.8 Å². The second-order valence-electron chi connectivity index (χ2n) is 5.38. The highest BCUT2D eigenvalue weighted by atomic mass is 16.5. The fourth-order valence-corrected chi connectivity index (χ4v) is 2.99. The van der Waals surface area contributed by atoms with Crippen LogP contribution >= 0.6 is 0 Å². The van der Waals surface area contributed by atoms with Crippen LogP contribution in [0.1, 0.15) is 36.1 Å². The number of methoxy groups -OCH3 is 1. The zero-order chi connectivity index (χ0) is 13.9. The molecule has 0 spiro atoms. The number of fused-ring (bicyclic) bond motifs is 1. The highest BCUT2D eigenvalue weighted by molar-refractivity contribution is 5.41. The van der Waals surface area contributed by atoms with Gasteiger partial charge in [0.05, 0.1) is 13.2 Å². The van der Waals surface area contributed by atoms with E-state index in [1.807, 2.05) is 12.1 Å². The summed E-state index contributed by atoms with van der Waals surface area (Å²) in [5.41, 5.74) is 4.18. The average Bonchev–Trinajstić information content (AvgIpc) is 2.54. The Bertz CT molecular complexity index is 576. The van der Waals surface area contributed by atoms with Gasteiger partial charge in [0.2, 0.25) is 0 Å². The first-order valence-electron chi connectivity index (χ1n) is 7.29. The summed E-state index contributed by atoms with van der Waals surface area (Å²) in [6, 6.07) is 18.0. The molecule has 0 saturated heterocycles. The molecule has 0 amide bonds. The third kappa shape index (κ3) is 2.44. The number of ether oxygens (including phenoxy) is 1. The minimum absolute atomic E-state index is 0.288. The molecule has 2 atom stereocenters. The fraction of sp³-hybridized carbons (Fsp3) is 0.333. The largest absolute Gasteiger partial charge is 0.497 e. The second kappa shape index (κ2) is 5.68. The van der Waals surface area contributed by atoms with Crippen molar-refractivity contribution in [3.63, 3.8) is 0 Å². The van der Waals surface area contributed by atoms with Crippen LogP contribution in [0.15, 0.2) is 48.5 Å². The summed E-state index contributed by atoms with van der Waals surface area (Å²) >= 11 is 0. The van der Waals surface area contributed by atoms with Crippen LogP contribution in [0.3, 0.4) is 0 Å². The molecule has 1 heterocycles. The molecule has 0 aromatic heterocycles. The lowest BCUT2D eigenvalue weighted by Crippen LogP contribution is -2.39. The number of benzene rings is 2. The first kappa shape index (κ1) is 13.2. The molecule has 1 aliphatic heterocycles. The Balaban J connectivity index is 1.98. The summed E-state index contributed by atoms with van der Waals surface area (Å²) in [6.45, 7) is 2.25. The minimum atomic E-state index is 0.288. The Morgan fingerprint density at radius 1 is 1.10 bits per heavy atom. The zero-order valence-electron chi connectivity index (χ0n) is 12.1. The van der Waals surface area contributed by atoms with E-state index in [1.165, 1.54) is 16.7 Å². The van der Waals surface area contributed by atoms with Gasteiger partial charge in [-0.3, -0.25) is 0 Å². The molecule has 0 bridgehead atoms. The molecule has 0 aliphatic carbocycles. The lowest BCUT2D eigenvalue weighted by Gasteiger charge is -2.33. The van der Waals surface area contributed by atoms with Crippen molar-refractivity contribution in [3.05, 3.63) is 65.2 Å². The standard InChI is InChI=1S/C18H21NO/c1-3-15-12-14-6-4-5-7-17(14)18(19-15)13-8-10-16(20-2)11-9-13/h4-11,15,18-19H,3,12H2,1-2H3. The van der Waals surface area contributed by atoms with E-state index in [4.69, 9.17) is 4.74 Å². The summed E-state index contributed by atoms with van der Waals surface area (Å²) in [6.07, 6.45) is 2.28. The van der Waals surface area contributed by atoms with E-state index in [0.29, 0.717) is 6.04 Å². The van der Waals surface area contributed by atoms with Gasteiger partial charge in [-0.15, -0.1) is 0 Å².